The van der Waals surface area contributed by atoms with E-state index >= 15 is 0 Å². The van der Waals surface area contributed by atoms with Crippen molar-refractivity contribution in [3.63, 3.8) is 0 Å². The summed E-state index contributed by atoms with van der Waals surface area (Å²) in [6.45, 7) is 9.13. The van der Waals surface area contributed by atoms with Gasteiger partial charge in [-0.3, -0.25) is 0 Å². The standard InChI is InChI=1S/C10H23NO2/c1-4-11(5-2)7-6-10(13)9(3)8-12/h9-10,12-13H,4-8H2,1-3H3. The maximum Gasteiger partial charge on any atom is 0.0599 e. The van der Waals surface area contributed by atoms with E-state index in [1.165, 1.54) is 0 Å². The van der Waals surface area contributed by atoms with Crippen molar-refractivity contribution in [1.29, 1.82) is 0 Å². The van der Waals surface area contributed by atoms with Crippen LogP contribution >= 0.6 is 0 Å². The third kappa shape index (κ3) is 5.24. The SMILES string of the molecule is CCN(CC)CCC(O)C(C)CO. The van der Waals surface area contributed by atoms with Gasteiger partial charge in [-0.05, 0) is 19.5 Å². The molecule has 3 nitrogen and oxygen atoms in total. The summed E-state index contributed by atoms with van der Waals surface area (Å²) in [7, 11) is 0. The molecule has 0 saturated heterocycles. The van der Waals surface area contributed by atoms with Gasteiger partial charge in [0.15, 0.2) is 0 Å². The van der Waals surface area contributed by atoms with Crippen molar-refractivity contribution < 1.29 is 10.2 Å². The molecule has 0 radical (unpaired) electrons. The molecule has 0 aromatic heterocycles. The van der Waals surface area contributed by atoms with E-state index in [0.717, 1.165) is 26.1 Å². The molecule has 0 rings (SSSR count). The highest BCUT2D eigenvalue weighted by Crippen LogP contribution is 2.06. The lowest BCUT2D eigenvalue weighted by Crippen LogP contribution is -2.30. The van der Waals surface area contributed by atoms with Crippen molar-refractivity contribution >= 4 is 0 Å². The van der Waals surface area contributed by atoms with Gasteiger partial charge >= 0.3 is 0 Å². The fourth-order valence-electron chi connectivity index (χ4n) is 1.26. The molecule has 0 aromatic carbocycles. The van der Waals surface area contributed by atoms with Crippen LogP contribution in [0.3, 0.4) is 0 Å². The second-order valence-corrected chi connectivity index (χ2v) is 3.54. The molecule has 0 aliphatic carbocycles. The number of nitrogens with zero attached hydrogens (tertiary/aromatic N) is 1. The van der Waals surface area contributed by atoms with Gasteiger partial charge in [0.2, 0.25) is 0 Å². The van der Waals surface area contributed by atoms with Crippen molar-refractivity contribution in [2.45, 2.75) is 33.3 Å². The first-order valence-electron chi connectivity index (χ1n) is 5.16. The molecule has 0 aromatic rings. The molecule has 2 N–H and O–H groups in total. The molecule has 0 saturated carbocycles. The average Bonchev–Trinajstić information content (AvgIpc) is 2.17. The predicted molar refractivity (Wildman–Crippen MR) is 54.7 cm³/mol. The molecule has 0 bridgehead atoms. The van der Waals surface area contributed by atoms with Crippen LogP contribution in [-0.4, -0.2) is 47.5 Å². The van der Waals surface area contributed by atoms with Gasteiger partial charge in [-0.25, -0.2) is 0 Å². The Labute approximate surface area is 81.4 Å². The first kappa shape index (κ1) is 12.9. The highest BCUT2D eigenvalue weighted by Gasteiger charge is 2.13. The van der Waals surface area contributed by atoms with Gasteiger partial charge in [0.1, 0.15) is 0 Å². The largest absolute Gasteiger partial charge is 0.396 e. The highest BCUT2D eigenvalue weighted by atomic mass is 16.3. The van der Waals surface area contributed by atoms with Gasteiger partial charge in [-0.2, -0.15) is 0 Å². The lowest BCUT2D eigenvalue weighted by atomic mass is 10.0. The second-order valence-electron chi connectivity index (χ2n) is 3.54. The number of rotatable bonds is 7. The van der Waals surface area contributed by atoms with E-state index in [1.54, 1.807) is 0 Å². The van der Waals surface area contributed by atoms with Gasteiger partial charge in [0.25, 0.3) is 0 Å². The lowest BCUT2D eigenvalue weighted by Gasteiger charge is -2.22. The average molecular weight is 189 g/mol. The lowest BCUT2D eigenvalue weighted by molar-refractivity contribution is 0.0619. The summed E-state index contributed by atoms with van der Waals surface area (Å²) in [5, 5.41) is 18.4. The Bertz CT molecular complexity index is 115. The van der Waals surface area contributed by atoms with Crippen LogP contribution in [0.2, 0.25) is 0 Å². The van der Waals surface area contributed by atoms with Crippen molar-refractivity contribution in [2.24, 2.45) is 5.92 Å². The van der Waals surface area contributed by atoms with E-state index in [0.29, 0.717) is 0 Å². The Hall–Kier alpha value is -0.120. The molecule has 2 atom stereocenters. The summed E-state index contributed by atoms with van der Waals surface area (Å²) >= 11 is 0. The van der Waals surface area contributed by atoms with Crippen LogP contribution in [0.15, 0.2) is 0 Å². The minimum Gasteiger partial charge on any atom is -0.396 e. The number of hydrogen-bond donors (Lipinski definition) is 2. The molecular formula is C10H23NO2. The summed E-state index contributed by atoms with van der Waals surface area (Å²) in [6, 6.07) is 0. The van der Waals surface area contributed by atoms with Gasteiger partial charge < -0.3 is 15.1 Å². The zero-order valence-electron chi connectivity index (χ0n) is 9.03. The number of aliphatic hydroxyl groups is 2. The smallest absolute Gasteiger partial charge is 0.0599 e. The Balaban J connectivity index is 3.61. The van der Waals surface area contributed by atoms with Crippen molar-refractivity contribution in [1.82, 2.24) is 4.90 Å². The van der Waals surface area contributed by atoms with E-state index in [1.807, 2.05) is 6.92 Å². The summed E-state index contributed by atoms with van der Waals surface area (Å²) < 4.78 is 0. The predicted octanol–water partition coefficient (Wildman–Crippen LogP) is 0.708. The van der Waals surface area contributed by atoms with Crippen molar-refractivity contribution in [3.8, 4) is 0 Å². The molecule has 0 spiro atoms. The first-order valence-corrected chi connectivity index (χ1v) is 5.16. The highest BCUT2D eigenvalue weighted by molar-refractivity contribution is 4.65. The molecule has 13 heavy (non-hydrogen) atoms. The minimum atomic E-state index is -0.370. The molecule has 0 fully saturated rings. The molecule has 2 unspecified atom stereocenters. The van der Waals surface area contributed by atoms with Crippen LogP contribution in [0.1, 0.15) is 27.2 Å². The van der Waals surface area contributed by atoms with Crippen LogP contribution in [-0.2, 0) is 0 Å². The van der Waals surface area contributed by atoms with E-state index in [2.05, 4.69) is 18.7 Å². The second kappa shape index (κ2) is 7.30. The van der Waals surface area contributed by atoms with E-state index in [-0.39, 0.29) is 18.6 Å². The monoisotopic (exact) mass is 189 g/mol. The zero-order chi connectivity index (χ0) is 10.3. The van der Waals surface area contributed by atoms with Gasteiger partial charge in [0.05, 0.1) is 6.10 Å². The Morgan fingerprint density at radius 2 is 1.77 bits per heavy atom. The molecule has 0 amide bonds. The van der Waals surface area contributed by atoms with Gasteiger partial charge in [0, 0.05) is 19.1 Å². The molecule has 0 heterocycles. The zero-order valence-corrected chi connectivity index (χ0v) is 9.03. The van der Waals surface area contributed by atoms with E-state index in [4.69, 9.17) is 5.11 Å². The quantitative estimate of drug-likeness (QED) is 0.620. The van der Waals surface area contributed by atoms with E-state index < -0.39 is 0 Å². The van der Waals surface area contributed by atoms with Gasteiger partial charge in [-0.1, -0.05) is 20.8 Å². The third-order valence-electron chi connectivity index (χ3n) is 2.58. The molecule has 0 aliphatic heterocycles. The first-order chi connectivity index (χ1) is 6.15. The fourth-order valence-corrected chi connectivity index (χ4v) is 1.26. The van der Waals surface area contributed by atoms with Crippen LogP contribution in [0.4, 0.5) is 0 Å². The van der Waals surface area contributed by atoms with Crippen LogP contribution in [0.5, 0.6) is 0 Å². The van der Waals surface area contributed by atoms with Crippen LogP contribution in [0.25, 0.3) is 0 Å². The van der Waals surface area contributed by atoms with Gasteiger partial charge in [-0.15, -0.1) is 0 Å². The fraction of sp³-hybridized carbons (Fsp3) is 1.00. The van der Waals surface area contributed by atoms with Crippen LogP contribution in [0, 0.1) is 5.92 Å². The Morgan fingerprint density at radius 3 is 2.15 bits per heavy atom. The summed E-state index contributed by atoms with van der Waals surface area (Å²) in [5.41, 5.74) is 0. The Kier molecular flexibility index (Phi) is 7.23. The summed E-state index contributed by atoms with van der Waals surface area (Å²) in [5.74, 6) is -0.00411. The van der Waals surface area contributed by atoms with Crippen molar-refractivity contribution in [2.75, 3.05) is 26.2 Å². The number of aliphatic hydroxyl groups excluding tert-OH is 2. The summed E-state index contributed by atoms with van der Waals surface area (Å²) in [4.78, 5) is 2.27. The normalized spacial score (nSPS) is 16.2. The molecule has 3 heteroatoms. The van der Waals surface area contributed by atoms with Crippen molar-refractivity contribution in [3.05, 3.63) is 0 Å². The maximum atomic E-state index is 9.57. The Morgan fingerprint density at radius 1 is 1.23 bits per heavy atom. The van der Waals surface area contributed by atoms with Crippen LogP contribution < -0.4 is 0 Å². The summed E-state index contributed by atoms with van der Waals surface area (Å²) in [6.07, 6.45) is 0.384. The maximum absolute atomic E-state index is 9.57. The number of hydrogen-bond acceptors (Lipinski definition) is 3. The third-order valence-corrected chi connectivity index (χ3v) is 2.58. The van der Waals surface area contributed by atoms with E-state index in [9.17, 15) is 5.11 Å². The molecule has 80 valence electrons. The molecular weight excluding hydrogens is 166 g/mol. The molecule has 0 aliphatic rings. The minimum absolute atomic E-state index is 0.00411. The topological polar surface area (TPSA) is 43.7 Å².